The van der Waals surface area contributed by atoms with Gasteiger partial charge in [0.15, 0.2) is 0 Å². The number of hydrogen-bond donors (Lipinski definition) is 3. The van der Waals surface area contributed by atoms with Crippen molar-refractivity contribution in [3.8, 4) is 0 Å². The number of benzene rings is 2. The molecule has 3 N–H and O–H groups in total. The number of ether oxygens (including phenoxy) is 1. The van der Waals surface area contributed by atoms with Crippen molar-refractivity contribution in [2.45, 2.75) is 56.9 Å². The number of nitrogens with zero attached hydrogens (tertiary/aromatic N) is 1. The van der Waals surface area contributed by atoms with Gasteiger partial charge in [-0.2, -0.15) is 0 Å². The number of aliphatic hydroxyl groups excluding tert-OH is 1. The summed E-state index contributed by atoms with van der Waals surface area (Å²) in [6, 6.07) is 18.0. The van der Waals surface area contributed by atoms with Crippen LogP contribution in [-0.2, 0) is 25.7 Å². The molecule has 196 valence electrons. The number of amides is 3. The second-order valence-electron chi connectivity index (χ2n) is 10.7. The molecule has 2 aromatic carbocycles. The van der Waals surface area contributed by atoms with E-state index in [1.807, 2.05) is 74.5 Å². The number of aliphatic hydroxyl groups is 1. The van der Waals surface area contributed by atoms with Crippen LogP contribution >= 0.6 is 0 Å². The van der Waals surface area contributed by atoms with Crippen LogP contribution in [-0.4, -0.2) is 58.1 Å². The van der Waals surface area contributed by atoms with Gasteiger partial charge < -0.3 is 25.4 Å². The highest BCUT2D eigenvalue weighted by molar-refractivity contribution is 6.02. The lowest BCUT2D eigenvalue weighted by atomic mass is 9.62. The van der Waals surface area contributed by atoms with Gasteiger partial charge in [-0.25, -0.2) is 0 Å². The van der Waals surface area contributed by atoms with E-state index in [4.69, 9.17) is 4.74 Å². The molecular weight excluding hydrogens is 470 g/mol. The molecule has 3 saturated heterocycles. The Bertz CT molecular complexity index is 1160. The second-order valence-corrected chi connectivity index (χ2v) is 10.7. The van der Waals surface area contributed by atoms with Crippen molar-refractivity contribution >= 4 is 23.4 Å². The van der Waals surface area contributed by atoms with Crippen LogP contribution < -0.4 is 10.6 Å². The van der Waals surface area contributed by atoms with E-state index in [1.54, 1.807) is 4.90 Å². The standard InChI is InChI=1S/C29H35N3O5/c1-19-17-29-23(22(28(19,2)37-29)25(34)31-21-13-7-4-8-14-21)27(36)32(15-9-10-16-33)24(29)26(35)30-18-20-11-5-3-6-12-20/h3-8,11-14,19,22-24,33H,9-10,15-18H2,1-2H3,(H,30,35)(H,31,34)/t19?,22-,23+,24?,28+,29?/m1/s1. The fourth-order valence-electron chi connectivity index (χ4n) is 6.70. The average Bonchev–Trinajstić information content (AvgIpc) is 3.41. The van der Waals surface area contributed by atoms with E-state index in [0.717, 1.165) is 5.56 Å². The first-order valence-corrected chi connectivity index (χ1v) is 13.1. The van der Waals surface area contributed by atoms with E-state index in [-0.39, 0.29) is 30.2 Å². The number of rotatable bonds is 9. The van der Waals surface area contributed by atoms with Gasteiger partial charge in [-0.05, 0) is 49.8 Å². The summed E-state index contributed by atoms with van der Waals surface area (Å²) in [4.78, 5) is 43.1. The molecule has 3 fully saturated rings. The summed E-state index contributed by atoms with van der Waals surface area (Å²) < 4.78 is 6.71. The Morgan fingerprint density at radius 3 is 2.41 bits per heavy atom. The number of unbranched alkanes of at least 4 members (excludes halogenated alkanes) is 1. The van der Waals surface area contributed by atoms with E-state index in [1.165, 1.54) is 0 Å². The third kappa shape index (κ3) is 4.22. The van der Waals surface area contributed by atoms with Crippen LogP contribution in [0, 0.1) is 17.8 Å². The molecule has 3 unspecified atom stereocenters. The Hall–Kier alpha value is -3.23. The minimum absolute atomic E-state index is 0.00911. The van der Waals surface area contributed by atoms with Gasteiger partial charge in [0.25, 0.3) is 0 Å². The maximum atomic E-state index is 14.0. The Kier molecular flexibility index (Phi) is 6.81. The largest absolute Gasteiger partial charge is 0.396 e. The summed E-state index contributed by atoms with van der Waals surface area (Å²) in [5.41, 5.74) is -0.334. The Balaban J connectivity index is 1.47. The quantitative estimate of drug-likeness (QED) is 0.454. The number of carbonyl (C=O) groups is 3. The minimum Gasteiger partial charge on any atom is -0.396 e. The summed E-state index contributed by atoms with van der Waals surface area (Å²) in [6.07, 6.45) is 1.60. The highest BCUT2D eigenvalue weighted by atomic mass is 16.5. The molecule has 2 bridgehead atoms. The zero-order valence-electron chi connectivity index (χ0n) is 21.4. The van der Waals surface area contributed by atoms with Crippen LogP contribution in [0.2, 0.25) is 0 Å². The first-order chi connectivity index (χ1) is 17.8. The minimum atomic E-state index is -1.08. The number of carbonyl (C=O) groups excluding carboxylic acids is 3. The number of anilines is 1. The molecule has 0 aromatic heterocycles. The van der Waals surface area contributed by atoms with Gasteiger partial charge in [-0.15, -0.1) is 0 Å². The highest BCUT2D eigenvalue weighted by Gasteiger charge is 2.79. The fraction of sp³-hybridized carbons (Fsp3) is 0.483. The normalized spacial score (nSPS) is 31.9. The molecule has 37 heavy (non-hydrogen) atoms. The number of para-hydroxylation sites is 1. The summed E-state index contributed by atoms with van der Waals surface area (Å²) in [7, 11) is 0. The van der Waals surface area contributed by atoms with Gasteiger partial charge >= 0.3 is 0 Å². The van der Waals surface area contributed by atoms with Gasteiger partial charge in [0, 0.05) is 25.4 Å². The Morgan fingerprint density at radius 1 is 1.05 bits per heavy atom. The monoisotopic (exact) mass is 505 g/mol. The number of likely N-dealkylation sites (tertiary alicyclic amines) is 1. The zero-order chi connectivity index (χ0) is 26.2. The molecule has 0 aliphatic carbocycles. The first-order valence-electron chi connectivity index (χ1n) is 13.1. The van der Waals surface area contributed by atoms with E-state index < -0.39 is 29.1 Å². The molecule has 8 nitrogen and oxygen atoms in total. The van der Waals surface area contributed by atoms with Gasteiger partial charge in [0.05, 0.1) is 17.4 Å². The summed E-state index contributed by atoms with van der Waals surface area (Å²) in [5, 5.41) is 15.3. The third-order valence-electron chi connectivity index (χ3n) is 8.50. The van der Waals surface area contributed by atoms with E-state index >= 15 is 0 Å². The van der Waals surface area contributed by atoms with Crippen molar-refractivity contribution in [3.05, 3.63) is 66.2 Å². The lowest BCUT2D eigenvalue weighted by Crippen LogP contribution is -2.55. The van der Waals surface area contributed by atoms with Crippen LogP contribution in [0.25, 0.3) is 0 Å². The smallest absolute Gasteiger partial charge is 0.246 e. The van der Waals surface area contributed by atoms with Crippen molar-refractivity contribution < 1.29 is 24.2 Å². The Labute approximate surface area is 217 Å². The van der Waals surface area contributed by atoms with Crippen LogP contribution in [0.3, 0.4) is 0 Å². The van der Waals surface area contributed by atoms with Crippen LogP contribution in [0.4, 0.5) is 5.69 Å². The second kappa shape index (κ2) is 9.91. The highest BCUT2D eigenvalue weighted by Crippen LogP contribution is 2.65. The third-order valence-corrected chi connectivity index (χ3v) is 8.50. The van der Waals surface area contributed by atoms with Crippen LogP contribution in [0.1, 0.15) is 38.7 Å². The molecule has 3 aliphatic heterocycles. The molecule has 3 amide bonds. The fourth-order valence-corrected chi connectivity index (χ4v) is 6.70. The zero-order valence-corrected chi connectivity index (χ0v) is 21.4. The molecule has 6 atom stereocenters. The predicted octanol–water partition coefficient (Wildman–Crippen LogP) is 2.72. The molecule has 5 rings (SSSR count). The van der Waals surface area contributed by atoms with Crippen LogP contribution in [0.5, 0.6) is 0 Å². The maximum Gasteiger partial charge on any atom is 0.246 e. The van der Waals surface area contributed by atoms with E-state index in [2.05, 4.69) is 10.6 Å². The summed E-state index contributed by atoms with van der Waals surface area (Å²) in [6.45, 7) is 4.60. The van der Waals surface area contributed by atoms with Gasteiger partial charge in [-0.3, -0.25) is 14.4 Å². The number of nitrogens with one attached hydrogen (secondary N) is 2. The molecule has 0 radical (unpaired) electrons. The lowest BCUT2D eigenvalue weighted by Gasteiger charge is -2.36. The predicted molar refractivity (Wildman–Crippen MR) is 138 cm³/mol. The van der Waals surface area contributed by atoms with Crippen molar-refractivity contribution in [3.63, 3.8) is 0 Å². The number of hydrogen-bond acceptors (Lipinski definition) is 5. The summed E-state index contributed by atoms with van der Waals surface area (Å²) >= 11 is 0. The Morgan fingerprint density at radius 2 is 1.73 bits per heavy atom. The number of fused-ring (bicyclic) bond motifs is 1. The lowest BCUT2D eigenvalue weighted by molar-refractivity contribution is -0.146. The molecular formula is C29H35N3O5. The molecule has 1 spiro atoms. The molecule has 0 saturated carbocycles. The molecule has 8 heteroatoms. The van der Waals surface area contributed by atoms with Crippen molar-refractivity contribution in [2.75, 3.05) is 18.5 Å². The summed E-state index contributed by atoms with van der Waals surface area (Å²) in [5.74, 6) is -2.26. The maximum absolute atomic E-state index is 14.0. The molecule has 2 aromatic rings. The van der Waals surface area contributed by atoms with Crippen molar-refractivity contribution in [1.82, 2.24) is 10.2 Å². The van der Waals surface area contributed by atoms with Gasteiger partial charge in [-0.1, -0.05) is 55.5 Å². The van der Waals surface area contributed by atoms with Gasteiger partial charge in [0.1, 0.15) is 11.6 Å². The van der Waals surface area contributed by atoms with Crippen molar-refractivity contribution in [2.24, 2.45) is 17.8 Å². The SMILES string of the molecule is CC1CC23O[C@]1(C)[C@@H](C(=O)Nc1ccccc1)[C@H]2C(=O)N(CCCCO)C3C(=O)NCc1ccccc1. The first kappa shape index (κ1) is 25.4. The molecule has 3 heterocycles. The van der Waals surface area contributed by atoms with Crippen molar-refractivity contribution in [1.29, 1.82) is 0 Å². The average molecular weight is 506 g/mol. The van der Waals surface area contributed by atoms with E-state index in [0.29, 0.717) is 38.0 Å². The van der Waals surface area contributed by atoms with E-state index in [9.17, 15) is 19.5 Å². The van der Waals surface area contributed by atoms with Crippen LogP contribution in [0.15, 0.2) is 60.7 Å². The molecule has 3 aliphatic rings. The topological polar surface area (TPSA) is 108 Å². The van der Waals surface area contributed by atoms with Gasteiger partial charge in [0.2, 0.25) is 17.7 Å².